The number of halogens is 1. The lowest BCUT2D eigenvalue weighted by atomic mass is 10.1. The topological polar surface area (TPSA) is 120 Å². The van der Waals surface area contributed by atoms with Gasteiger partial charge in [0.2, 0.25) is 15.9 Å². The van der Waals surface area contributed by atoms with E-state index in [2.05, 4.69) is 10.0 Å². The van der Waals surface area contributed by atoms with E-state index in [1.54, 1.807) is 31.2 Å². The number of ether oxygens (including phenoxy) is 3. The van der Waals surface area contributed by atoms with Crippen molar-refractivity contribution in [3.05, 3.63) is 59.9 Å². The molecule has 190 valence electrons. The monoisotopic (exact) mass is 508 g/mol. The van der Waals surface area contributed by atoms with E-state index in [-0.39, 0.29) is 30.5 Å². The summed E-state index contributed by atoms with van der Waals surface area (Å²) < 4.78 is 57.3. The lowest BCUT2D eigenvalue weighted by molar-refractivity contribution is -0.166. The van der Waals surface area contributed by atoms with Gasteiger partial charge in [0, 0.05) is 12.3 Å². The first kappa shape index (κ1) is 26.7. The maximum atomic E-state index is 13.2. The Morgan fingerprint density at radius 1 is 1.11 bits per heavy atom. The second-order valence-corrected chi connectivity index (χ2v) is 9.64. The molecule has 2 N–H and O–H groups in total. The number of esters is 1. The van der Waals surface area contributed by atoms with E-state index in [1.807, 2.05) is 0 Å². The Bertz CT molecular complexity index is 1090. The van der Waals surface area contributed by atoms with Crippen molar-refractivity contribution in [1.82, 2.24) is 4.72 Å². The first-order valence-corrected chi connectivity index (χ1v) is 12.8. The van der Waals surface area contributed by atoms with Crippen LogP contribution in [0, 0.1) is 5.82 Å². The molecular formula is C24H29FN2O7S. The van der Waals surface area contributed by atoms with Crippen molar-refractivity contribution in [3.63, 3.8) is 0 Å². The zero-order valence-corrected chi connectivity index (χ0v) is 20.2. The maximum Gasteiger partial charge on any atom is 0.310 e. The minimum absolute atomic E-state index is 0.0946. The van der Waals surface area contributed by atoms with Crippen LogP contribution in [0.2, 0.25) is 0 Å². The molecule has 3 rings (SSSR count). The van der Waals surface area contributed by atoms with Crippen molar-refractivity contribution in [2.45, 2.75) is 49.8 Å². The van der Waals surface area contributed by atoms with Gasteiger partial charge in [0.25, 0.3) is 0 Å². The molecule has 0 aromatic heterocycles. The van der Waals surface area contributed by atoms with Gasteiger partial charge in [-0.25, -0.2) is 12.8 Å². The van der Waals surface area contributed by atoms with Crippen LogP contribution >= 0.6 is 0 Å². The summed E-state index contributed by atoms with van der Waals surface area (Å²) in [4.78, 5) is 24.5. The Labute approximate surface area is 204 Å². The van der Waals surface area contributed by atoms with E-state index in [9.17, 15) is 22.4 Å². The Morgan fingerprint density at radius 3 is 2.46 bits per heavy atom. The van der Waals surface area contributed by atoms with Crippen LogP contribution in [0.3, 0.4) is 0 Å². The molecule has 1 amide bonds. The third-order valence-electron chi connectivity index (χ3n) is 5.20. The molecule has 0 radical (unpaired) electrons. The van der Waals surface area contributed by atoms with E-state index in [4.69, 9.17) is 14.2 Å². The summed E-state index contributed by atoms with van der Waals surface area (Å²) >= 11 is 0. The van der Waals surface area contributed by atoms with Gasteiger partial charge >= 0.3 is 5.97 Å². The average Bonchev–Trinajstić information content (AvgIpc) is 2.84. The standard InChI is InChI=1S/C24H29FN2O7S/c1-2-32-22(28)15-17-6-10-19(11-7-17)26-24(29)21(16-34-23-5-3-4-14-33-23)27-35(30,31)20-12-8-18(25)9-13-20/h6-13,21,23,27H,2-5,14-16H2,1H3,(H,26,29)/t21-,23?/m0/s1. The van der Waals surface area contributed by atoms with Gasteiger partial charge in [0.05, 0.1) is 24.5 Å². The summed E-state index contributed by atoms with van der Waals surface area (Å²) in [7, 11) is -4.14. The zero-order chi connectivity index (χ0) is 25.3. The number of rotatable bonds is 11. The van der Waals surface area contributed by atoms with E-state index in [0.717, 1.165) is 37.1 Å². The maximum absolute atomic E-state index is 13.2. The summed E-state index contributed by atoms with van der Waals surface area (Å²) in [6.45, 7) is 2.27. The average molecular weight is 509 g/mol. The molecule has 1 saturated heterocycles. The smallest absolute Gasteiger partial charge is 0.310 e. The highest BCUT2D eigenvalue weighted by Gasteiger charge is 2.28. The minimum Gasteiger partial charge on any atom is -0.466 e. The van der Waals surface area contributed by atoms with E-state index < -0.39 is 34.1 Å². The van der Waals surface area contributed by atoms with Crippen molar-refractivity contribution in [1.29, 1.82) is 0 Å². The fourth-order valence-electron chi connectivity index (χ4n) is 3.39. The number of hydrogen-bond donors (Lipinski definition) is 2. The van der Waals surface area contributed by atoms with Crippen LogP contribution in [0.15, 0.2) is 53.4 Å². The Hall–Kier alpha value is -2.86. The summed E-state index contributed by atoms with van der Waals surface area (Å²) in [5.74, 6) is -1.59. The fourth-order valence-corrected chi connectivity index (χ4v) is 4.57. The number of anilines is 1. The predicted octanol–water partition coefficient (Wildman–Crippen LogP) is 2.76. The number of benzene rings is 2. The number of carbonyl (C=O) groups is 2. The molecule has 2 aromatic rings. The normalized spacial score (nSPS) is 16.9. The third-order valence-corrected chi connectivity index (χ3v) is 6.69. The summed E-state index contributed by atoms with van der Waals surface area (Å²) in [5, 5.41) is 2.66. The Morgan fingerprint density at radius 2 is 1.83 bits per heavy atom. The fraction of sp³-hybridized carbons (Fsp3) is 0.417. The number of nitrogens with one attached hydrogen (secondary N) is 2. The lowest BCUT2D eigenvalue weighted by Crippen LogP contribution is -2.47. The van der Waals surface area contributed by atoms with Crippen molar-refractivity contribution in [3.8, 4) is 0 Å². The SMILES string of the molecule is CCOC(=O)Cc1ccc(NC(=O)[C@H](COC2CCCCO2)NS(=O)(=O)c2ccc(F)cc2)cc1. The van der Waals surface area contributed by atoms with E-state index >= 15 is 0 Å². The predicted molar refractivity (Wildman–Crippen MR) is 125 cm³/mol. The molecule has 1 aliphatic heterocycles. The molecule has 1 aliphatic rings. The highest BCUT2D eigenvalue weighted by Crippen LogP contribution is 2.16. The minimum atomic E-state index is -4.14. The number of sulfonamides is 1. The first-order valence-electron chi connectivity index (χ1n) is 11.3. The summed E-state index contributed by atoms with van der Waals surface area (Å²) in [6.07, 6.45) is 2.02. The van der Waals surface area contributed by atoms with Crippen molar-refractivity contribution in [2.75, 3.05) is 25.1 Å². The van der Waals surface area contributed by atoms with Crippen molar-refractivity contribution in [2.24, 2.45) is 0 Å². The highest BCUT2D eigenvalue weighted by atomic mass is 32.2. The largest absolute Gasteiger partial charge is 0.466 e. The van der Waals surface area contributed by atoms with Gasteiger partial charge in [-0.3, -0.25) is 9.59 Å². The molecule has 0 bridgehead atoms. The first-order chi connectivity index (χ1) is 16.8. The van der Waals surface area contributed by atoms with E-state index in [1.165, 1.54) is 0 Å². The lowest BCUT2D eigenvalue weighted by Gasteiger charge is -2.25. The zero-order valence-electron chi connectivity index (χ0n) is 19.4. The van der Waals surface area contributed by atoms with Crippen LogP contribution in [0.1, 0.15) is 31.7 Å². The van der Waals surface area contributed by atoms with Crippen LogP contribution in [0.5, 0.6) is 0 Å². The van der Waals surface area contributed by atoms with Gasteiger partial charge in [-0.15, -0.1) is 0 Å². The number of amides is 1. The van der Waals surface area contributed by atoms with Gasteiger partial charge < -0.3 is 19.5 Å². The second kappa shape index (κ2) is 12.7. The molecular weight excluding hydrogens is 479 g/mol. The molecule has 1 heterocycles. The van der Waals surface area contributed by atoms with Crippen LogP contribution in [-0.4, -0.2) is 52.4 Å². The summed E-state index contributed by atoms with van der Waals surface area (Å²) in [5.41, 5.74) is 1.11. The van der Waals surface area contributed by atoms with Gasteiger partial charge in [-0.05, 0) is 68.1 Å². The number of carbonyl (C=O) groups excluding carboxylic acids is 2. The van der Waals surface area contributed by atoms with Crippen LogP contribution in [0.4, 0.5) is 10.1 Å². The van der Waals surface area contributed by atoms with Gasteiger partial charge in [0.1, 0.15) is 11.9 Å². The van der Waals surface area contributed by atoms with Gasteiger partial charge in [-0.1, -0.05) is 12.1 Å². The molecule has 35 heavy (non-hydrogen) atoms. The third kappa shape index (κ3) is 8.39. The Balaban J connectivity index is 1.70. The van der Waals surface area contributed by atoms with Crippen molar-refractivity contribution < 1.29 is 36.6 Å². The highest BCUT2D eigenvalue weighted by molar-refractivity contribution is 7.89. The summed E-state index contributed by atoms with van der Waals surface area (Å²) in [6, 6.07) is 9.51. The Kier molecular flexibility index (Phi) is 9.73. The van der Waals surface area contributed by atoms with E-state index in [0.29, 0.717) is 24.3 Å². The van der Waals surface area contributed by atoms with Crippen molar-refractivity contribution >= 4 is 27.6 Å². The molecule has 0 saturated carbocycles. The second-order valence-electron chi connectivity index (χ2n) is 7.93. The molecule has 0 spiro atoms. The van der Waals surface area contributed by atoms with Crippen LogP contribution in [-0.2, 0) is 40.2 Å². The van der Waals surface area contributed by atoms with Crippen LogP contribution in [0.25, 0.3) is 0 Å². The van der Waals surface area contributed by atoms with Crippen LogP contribution < -0.4 is 10.0 Å². The number of hydrogen-bond acceptors (Lipinski definition) is 7. The molecule has 2 atom stereocenters. The molecule has 1 fully saturated rings. The molecule has 9 nitrogen and oxygen atoms in total. The van der Waals surface area contributed by atoms with Gasteiger partial charge in [-0.2, -0.15) is 4.72 Å². The quantitative estimate of drug-likeness (QED) is 0.448. The molecule has 1 unspecified atom stereocenters. The van der Waals surface area contributed by atoms with Gasteiger partial charge in [0.15, 0.2) is 6.29 Å². The molecule has 11 heteroatoms. The molecule has 2 aromatic carbocycles. The molecule has 0 aliphatic carbocycles.